The summed E-state index contributed by atoms with van der Waals surface area (Å²) >= 11 is 5.87. The molecule has 15 heavy (non-hydrogen) atoms. The maximum Gasteiger partial charge on any atom is 0.337 e. The monoisotopic (exact) mass is 227 g/mol. The molecule has 0 unspecified atom stereocenters. The van der Waals surface area contributed by atoms with Crippen LogP contribution in [0.3, 0.4) is 0 Å². The molecule has 0 aliphatic carbocycles. The Kier molecular flexibility index (Phi) is 3.97. The Morgan fingerprint density at radius 1 is 1.40 bits per heavy atom. The van der Waals surface area contributed by atoms with Crippen LogP contribution in [0.15, 0.2) is 18.2 Å². The van der Waals surface area contributed by atoms with Gasteiger partial charge in [0.05, 0.1) is 10.6 Å². The molecule has 1 rings (SSSR count). The molecule has 0 aliphatic rings. The quantitative estimate of drug-likeness (QED) is 0.860. The average Bonchev–Trinajstić information content (AvgIpc) is 2.19. The summed E-state index contributed by atoms with van der Waals surface area (Å²) in [5, 5.41) is 9.10. The Labute approximate surface area is 94.3 Å². The van der Waals surface area contributed by atoms with E-state index in [1.807, 2.05) is 13.8 Å². The van der Waals surface area contributed by atoms with Gasteiger partial charge >= 0.3 is 5.97 Å². The number of carbonyl (C=O) groups is 1. The molecular weight excluding hydrogens is 214 g/mol. The number of halogens is 1. The van der Waals surface area contributed by atoms with Crippen LogP contribution >= 0.6 is 11.6 Å². The van der Waals surface area contributed by atoms with Crippen molar-refractivity contribution >= 4 is 23.3 Å². The van der Waals surface area contributed by atoms with Crippen molar-refractivity contribution in [2.75, 3.05) is 18.0 Å². The number of carboxylic acids is 1. The van der Waals surface area contributed by atoms with Gasteiger partial charge in [0.25, 0.3) is 0 Å². The fourth-order valence-electron chi connectivity index (χ4n) is 1.46. The van der Waals surface area contributed by atoms with Crippen LogP contribution < -0.4 is 4.90 Å². The minimum Gasteiger partial charge on any atom is -0.478 e. The highest BCUT2D eigenvalue weighted by molar-refractivity contribution is 6.33. The van der Waals surface area contributed by atoms with E-state index in [-0.39, 0.29) is 10.6 Å². The highest BCUT2D eigenvalue weighted by atomic mass is 35.5. The van der Waals surface area contributed by atoms with E-state index in [1.165, 1.54) is 0 Å². The van der Waals surface area contributed by atoms with Gasteiger partial charge in [0, 0.05) is 18.8 Å². The Morgan fingerprint density at radius 2 is 2.00 bits per heavy atom. The summed E-state index contributed by atoms with van der Waals surface area (Å²) in [7, 11) is 0. The first-order valence-corrected chi connectivity index (χ1v) is 5.25. The van der Waals surface area contributed by atoms with Crippen LogP contribution in [0.4, 0.5) is 5.69 Å². The van der Waals surface area contributed by atoms with E-state index in [0.717, 1.165) is 18.8 Å². The summed E-state index contributed by atoms with van der Waals surface area (Å²) in [6, 6.07) is 5.01. The largest absolute Gasteiger partial charge is 0.478 e. The number of benzene rings is 1. The molecular formula is C11H14ClNO2. The average molecular weight is 228 g/mol. The van der Waals surface area contributed by atoms with E-state index in [0.29, 0.717) is 0 Å². The minimum atomic E-state index is -0.994. The Morgan fingerprint density at radius 3 is 2.40 bits per heavy atom. The molecule has 0 spiro atoms. The lowest BCUT2D eigenvalue weighted by Gasteiger charge is -2.21. The number of rotatable bonds is 4. The molecule has 0 atom stereocenters. The molecule has 3 nitrogen and oxygen atoms in total. The number of hydrogen-bond donors (Lipinski definition) is 1. The maximum absolute atomic E-state index is 10.7. The van der Waals surface area contributed by atoms with E-state index < -0.39 is 5.97 Å². The second kappa shape index (κ2) is 5.03. The predicted molar refractivity (Wildman–Crippen MR) is 62.0 cm³/mol. The van der Waals surface area contributed by atoms with Gasteiger partial charge in [-0.1, -0.05) is 11.6 Å². The van der Waals surface area contributed by atoms with Crippen LogP contribution in [0, 0.1) is 0 Å². The molecule has 0 amide bonds. The second-order valence-electron chi connectivity index (χ2n) is 3.14. The van der Waals surface area contributed by atoms with Gasteiger partial charge in [0.15, 0.2) is 0 Å². The summed E-state index contributed by atoms with van der Waals surface area (Å²) < 4.78 is 0. The summed E-state index contributed by atoms with van der Waals surface area (Å²) in [6.07, 6.45) is 0. The molecule has 0 saturated heterocycles. The Bertz CT molecular complexity index is 362. The molecule has 4 heteroatoms. The molecule has 0 fully saturated rings. The molecule has 1 N–H and O–H groups in total. The second-order valence-corrected chi connectivity index (χ2v) is 3.55. The predicted octanol–water partition coefficient (Wildman–Crippen LogP) is 2.88. The summed E-state index contributed by atoms with van der Waals surface area (Å²) in [5.74, 6) is -0.994. The molecule has 0 heterocycles. The van der Waals surface area contributed by atoms with Crippen molar-refractivity contribution in [2.24, 2.45) is 0 Å². The van der Waals surface area contributed by atoms with Crippen LogP contribution in [0.1, 0.15) is 24.2 Å². The highest BCUT2D eigenvalue weighted by Gasteiger charge is 2.10. The lowest BCUT2D eigenvalue weighted by atomic mass is 10.2. The van der Waals surface area contributed by atoms with Gasteiger partial charge in [0.2, 0.25) is 0 Å². The first-order chi connectivity index (χ1) is 7.10. The van der Waals surface area contributed by atoms with Crippen molar-refractivity contribution in [1.82, 2.24) is 0 Å². The van der Waals surface area contributed by atoms with E-state index in [9.17, 15) is 4.79 Å². The molecule has 1 aromatic rings. The van der Waals surface area contributed by atoms with Crippen molar-refractivity contribution in [1.29, 1.82) is 0 Å². The summed E-state index contributed by atoms with van der Waals surface area (Å²) in [4.78, 5) is 12.9. The molecule has 1 aromatic carbocycles. The maximum atomic E-state index is 10.7. The highest BCUT2D eigenvalue weighted by Crippen LogP contribution is 2.23. The minimum absolute atomic E-state index is 0.146. The van der Waals surface area contributed by atoms with Gasteiger partial charge in [-0.05, 0) is 32.0 Å². The van der Waals surface area contributed by atoms with Gasteiger partial charge < -0.3 is 10.0 Å². The first kappa shape index (κ1) is 11.9. The van der Waals surface area contributed by atoms with E-state index in [4.69, 9.17) is 16.7 Å². The SMILES string of the molecule is CCN(CC)c1ccc(C(=O)O)c(Cl)c1. The summed E-state index contributed by atoms with van der Waals surface area (Å²) in [6.45, 7) is 5.84. The Hall–Kier alpha value is -1.22. The lowest BCUT2D eigenvalue weighted by Crippen LogP contribution is -2.21. The number of nitrogens with zero attached hydrogens (tertiary/aromatic N) is 1. The fraction of sp³-hybridized carbons (Fsp3) is 0.364. The van der Waals surface area contributed by atoms with Crippen LogP contribution in [0.2, 0.25) is 5.02 Å². The molecule has 0 radical (unpaired) electrons. The molecule has 0 bridgehead atoms. The van der Waals surface area contributed by atoms with Crippen LogP contribution in [-0.4, -0.2) is 24.2 Å². The zero-order valence-electron chi connectivity index (χ0n) is 8.83. The normalized spacial score (nSPS) is 10.1. The third kappa shape index (κ3) is 2.63. The smallest absolute Gasteiger partial charge is 0.337 e. The van der Waals surface area contributed by atoms with Gasteiger partial charge in [-0.3, -0.25) is 0 Å². The zero-order valence-corrected chi connectivity index (χ0v) is 9.58. The third-order valence-electron chi connectivity index (χ3n) is 2.31. The van der Waals surface area contributed by atoms with Crippen molar-refractivity contribution < 1.29 is 9.90 Å². The molecule has 0 aliphatic heterocycles. The lowest BCUT2D eigenvalue weighted by molar-refractivity contribution is 0.0697. The van der Waals surface area contributed by atoms with E-state index in [2.05, 4.69) is 4.90 Å². The fourth-order valence-corrected chi connectivity index (χ4v) is 1.72. The topological polar surface area (TPSA) is 40.5 Å². The molecule has 82 valence electrons. The van der Waals surface area contributed by atoms with E-state index >= 15 is 0 Å². The number of carboxylic acid groups (broad SMARTS) is 1. The standard InChI is InChI=1S/C11H14ClNO2/c1-3-13(4-2)8-5-6-9(11(14)15)10(12)7-8/h5-7H,3-4H2,1-2H3,(H,14,15). The van der Waals surface area contributed by atoms with Crippen molar-refractivity contribution in [3.8, 4) is 0 Å². The van der Waals surface area contributed by atoms with Crippen molar-refractivity contribution in [3.05, 3.63) is 28.8 Å². The first-order valence-electron chi connectivity index (χ1n) is 4.88. The third-order valence-corrected chi connectivity index (χ3v) is 2.62. The van der Waals surface area contributed by atoms with Crippen molar-refractivity contribution in [3.63, 3.8) is 0 Å². The molecule has 0 saturated carbocycles. The van der Waals surface area contributed by atoms with Gasteiger partial charge in [-0.15, -0.1) is 0 Å². The van der Waals surface area contributed by atoms with Gasteiger partial charge in [-0.25, -0.2) is 4.79 Å². The number of aromatic carboxylic acids is 1. The number of anilines is 1. The van der Waals surface area contributed by atoms with Gasteiger partial charge in [-0.2, -0.15) is 0 Å². The number of hydrogen-bond acceptors (Lipinski definition) is 2. The van der Waals surface area contributed by atoms with Gasteiger partial charge in [0.1, 0.15) is 0 Å². The summed E-state index contributed by atoms with van der Waals surface area (Å²) in [5.41, 5.74) is 1.10. The molecule has 0 aromatic heterocycles. The van der Waals surface area contributed by atoms with Crippen molar-refractivity contribution in [2.45, 2.75) is 13.8 Å². The van der Waals surface area contributed by atoms with E-state index in [1.54, 1.807) is 18.2 Å². The zero-order chi connectivity index (χ0) is 11.4. The van der Waals surface area contributed by atoms with Crippen LogP contribution in [-0.2, 0) is 0 Å². The Balaban J connectivity index is 3.05. The van der Waals surface area contributed by atoms with Crippen LogP contribution in [0.5, 0.6) is 0 Å². The van der Waals surface area contributed by atoms with Crippen LogP contribution in [0.25, 0.3) is 0 Å².